The van der Waals surface area contributed by atoms with Crippen LogP contribution in [0.15, 0.2) is 58.2 Å². The average molecular weight is 338 g/mol. The minimum Gasteiger partial charge on any atom is -0.468 e. The Balaban J connectivity index is 1.45. The SMILES string of the molecule is O=c1ccc2c(n1CCn1cccn1)CC[C@H](NCc1ccco1)C2. The van der Waals surface area contributed by atoms with Gasteiger partial charge in [0.1, 0.15) is 5.76 Å². The molecule has 4 rings (SSSR count). The van der Waals surface area contributed by atoms with Crippen LogP contribution in [0.3, 0.4) is 0 Å². The number of aromatic nitrogens is 3. The summed E-state index contributed by atoms with van der Waals surface area (Å²) in [6.07, 6.45) is 8.27. The summed E-state index contributed by atoms with van der Waals surface area (Å²) in [5.41, 5.74) is 2.52. The molecule has 1 aliphatic carbocycles. The van der Waals surface area contributed by atoms with Gasteiger partial charge in [-0.3, -0.25) is 9.48 Å². The smallest absolute Gasteiger partial charge is 0.250 e. The van der Waals surface area contributed by atoms with Crippen LogP contribution in [0.5, 0.6) is 0 Å². The molecule has 3 aromatic rings. The number of hydrogen-bond acceptors (Lipinski definition) is 4. The Bertz CT molecular complexity index is 865. The second kappa shape index (κ2) is 7.11. The molecular formula is C19H22N4O2. The molecule has 0 unspecified atom stereocenters. The van der Waals surface area contributed by atoms with Crippen molar-refractivity contribution in [3.05, 3.63) is 76.4 Å². The lowest BCUT2D eigenvalue weighted by Crippen LogP contribution is -2.37. The molecule has 130 valence electrons. The molecule has 0 aromatic carbocycles. The van der Waals surface area contributed by atoms with Crippen LogP contribution in [0.1, 0.15) is 23.4 Å². The lowest BCUT2D eigenvalue weighted by atomic mass is 9.91. The van der Waals surface area contributed by atoms with Crippen LogP contribution in [0.4, 0.5) is 0 Å². The molecular weight excluding hydrogens is 316 g/mol. The molecule has 1 aliphatic rings. The van der Waals surface area contributed by atoms with Crippen molar-refractivity contribution in [3.63, 3.8) is 0 Å². The van der Waals surface area contributed by atoms with Crippen molar-refractivity contribution in [1.29, 1.82) is 0 Å². The van der Waals surface area contributed by atoms with E-state index in [0.29, 0.717) is 19.1 Å². The molecule has 0 spiro atoms. The first kappa shape index (κ1) is 15.9. The average Bonchev–Trinajstić information content (AvgIpc) is 3.33. The van der Waals surface area contributed by atoms with E-state index in [1.807, 2.05) is 39.7 Å². The van der Waals surface area contributed by atoms with Gasteiger partial charge in [0.15, 0.2) is 0 Å². The van der Waals surface area contributed by atoms with Gasteiger partial charge in [0.2, 0.25) is 0 Å². The van der Waals surface area contributed by atoms with E-state index in [1.165, 1.54) is 11.3 Å². The van der Waals surface area contributed by atoms with Crippen molar-refractivity contribution in [3.8, 4) is 0 Å². The van der Waals surface area contributed by atoms with Crippen molar-refractivity contribution in [2.24, 2.45) is 0 Å². The molecule has 6 nitrogen and oxygen atoms in total. The Morgan fingerprint density at radius 2 is 2.20 bits per heavy atom. The number of fused-ring (bicyclic) bond motifs is 1. The van der Waals surface area contributed by atoms with Gasteiger partial charge < -0.3 is 14.3 Å². The van der Waals surface area contributed by atoms with Crippen LogP contribution < -0.4 is 10.9 Å². The molecule has 6 heteroatoms. The zero-order chi connectivity index (χ0) is 17.1. The van der Waals surface area contributed by atoms with E-state index in [0.717, 1.165) is 31.6 Å². The van der Waals surface area contributed by atoms with Crippen molar-refractivity contribution < 1.29 is 4.42 Å². The van der Waals surface area contributed by atoms with Gasteiger partial charge in [-0.2, -0.15) is 5.10 Å². The van der Waals surface area contributed by atoms with Crippen LogP contribution >= 0.6 is 0 Å². The van der Waals surface area contributed by atoms with Crippen molar-refractivity contribution in [2.45, 2.75) is 44.9 Å². The highest BCUT2D eigenvalue weighted by molar-refractivity contribution is 5.25. The maximum Gasteiger partial charge on any atom is 0.250 e. The summed E-state index contributed by atoms with van der Waals surface area (Å²) in [4.78, 5) is 12.3. The molecule has 0 saturated heterocycles. The number of nitrogens with one attached hydrogen (secondary N) is 1. The molecule has 0 aliphatic heterocycles. The molecule has 1 N–H and O–H groups in total. The quantitative estimate of drug-likeness (QED) is 0.746. The van der Waals surface area contributed by atoms with Gasteiger partial charge in [0.05, 0.1) is 19.4 Å². The maximum atomic E-state index is 12.3. The largest absolute Gasteiger partial charge is 0.468 e. The summed E-state index contributed by atoms with van der Waals surface area (Å²) >= 11 is 0. The number of pyridine rings is 1. The Kier molecular flexibility index (Phi) is 4.52. The van der Waals surface area contributed by atoms with Crippen LogP contribution in [0.2, 0.25) is 0 Å². The van der Waals surface area contributed by atoms with Crippen LogP contribution in [-0.4, -0.2) is 20.4 Å². The van der Waals surface area contributed by atoms with Crippen molar-refractivity contribution in [1.82, 2.24) is 19.7 Å². The molecule has 0 radical (unpaired) electrons. The number of rotatable bonds is 6. The summed E-state index contributed by atoms with van der Waals surface area (Å²) < 4.78 is 9.16. The molecule has 0 saturated carbocycles. The number of furan rings is 1. The summed E-state index contributed by atoms with van der Waals surface area (Å²) in [5, 5.41) is 7.77. The third kappa shape index (κ3) is 3.58. The maximum absolute atomic E-state index is 12.3. The first-order chi connectivity index (χ1) is 12.3. The lowest BCUT2D eigenvalue weighted by molar-refractivity contribution is 0.403. The third-order valence-electron chi connectivity index (χ3n) is 4.84. The molecule has 0 amide bonds. The fourth-order valence-corrected chi connectivity index (χ4v) is 3.54. The summed E-state index contributed by atoms with van der Waals surface area (Å²) in [5.74, 6) is 0.954. The monoisotopic (exact) mass is 338 g/mol. The Morgan fingerprint density at radius 1 is 1.24 bits per heavy atom. The molecule has 3 heterocycles. The molecule has 3 aromatic heterocycles. The van der Waals surface area contributed by atoms with Crippen molar-refractivity contribution in [2.75, 3.05) is 0 Å². The zero-order valence-electron chi connectivity index (χ0n) is 14.1. The second-order valence-electron chi connectivity index (χ2n) is 6.46. The predicted octanol–water partition coefficient (Wildman–Crippen LogP) is 1.99. The summed E-state index contributed by atoms with van der Waals surface area (Å²) in [6, 6.07) is 9.88. The van der Waals surface area contributed by atoms with Crippen molar-refractivity contribution >= 4 is 0 Å². The number of nitrogens with zero attached hydrogens (tertiary/aromatic N) is 3. The number of aryl methyl sites for hydroxylation is 1. The van der Waals surface area contributed by atoms with Crippen LogP contribution in [-0.2, 0) is 32.5 Å². The van der Waals surface area contributed by atoms with Gasteiger partial charge in [0, 0.05) is 36.7 Å². The zero-order valence-corrected chi connectivity index (χ0v) is 14.1. The fraction of sp³-hybridized carbons (Fsp3) is 0.368. The first-order valence-corrected chi connectivity index (χ1v) is 8.74. The number of hydrogen-bond donors (Lipinski definition) is 1. The van der Waals surface area contributed by atoms with Gasteiger partial charge in [-0.15, -0.1) is 0 Å². The normalized spacial score (nSPS) is 16.7. The van der Waals surface area contributed by atoms with E-state index in [2.05, 4.69) is 10.4 Å². The van der Waals surface area contributed by atoms with E-state index >= 15 is 0 Å². The highest BCUT2D eigenvalue weighted by Gasteiger charge is 2.21. The van der Waals surface area contributed by atoms with Gasteiger partial charge in [-0.1, -0.05) is 6.07 Å². The fourth-order valence-electron chi connectivity index (χ4n) is 3.54. The van der Waals surface area contributed by atoms with Crippen LogP contribution in [0, 0.1) is 0 Å². The molecule has 0 fully saturated rings. The summed E-state index contributed by atoms with van der Waals surface area (Å²) in [6.45, 7) is 2.11. The van der Waals surface area contributed by atoms with Crippen LogP contribution in [0.25, 0.3) is 0 Å². The molecule has 0 bridgehead atoms. The van der Waals surface area contributed by atoms with E-state index in [4.69, 9.17) is 4.42 Å². The Morgan fingerprint density at radius 3 is 3.00 bits per heavy atom. The van der Waals surface area contributed by atoms with Gasteiger partial charge in [-0.25, -0.2) is 0 Å². The van der Waals surface area contributed by atoms with E-state index in [9.17, 15) is 4.79 Å². The molecule has 25 heavy (non-hydrogen) atoms. The summed E-state index contributed by atoms with van der Waals surface area (Å²) in [7, 11) is 0. The standard InChI is InChI=1S/C19H22N4O2/c24-19-7-4-15-13-16(20-14-17-3-1-12-25-17)5-6-18(15)23(19)11-10-22-9-2-8-21-22/h1-4,7-9,12,16,20H,5-6,10-11,13-14H2/t16-/m0/s1. The van der Waals surface area contributed by atoms with Gasteiger partial charge in [-0.05, 0) is 43.0 Å². The van der Waals surface area contributed by atoms with Gasteiger partial charge >= 0.3 is 0 Å². The van der Waals surface area contributed by atoms with E-state index < -0.39 is 0 Å². The van der Waals surface area contributed by atoms with E-state index in [-0.39, 0.29) is 5.56 Å². The minimum absolute atomic E-state index is 0.0768. The predicted molar refractivity (Wildman–Crippen MR) is 94.3 cm³/mol. The third-order valence-corrected chi connectivity index (χ3v) is 4.84. The van der Waals surface area contributed by atoms with E-state index in [1.54, 1.807) is 18.5 Å². The highest BCUT2D eigenvalue weighted by atomic mass is 16.3. The Hall–Kier alpha value is -2.60. The molecule has 1 atom stereocenters. The topological polar surface area (TPSA) is 65.0 Å². The second-order valence-corrected chi connectivity index (χ2v) is 6.46. The highest BCUT2D eigenvalue weighted by Crippen LogP contribution is 2.20. The Labute approximate surface area is 146 Å². The van der Waals surface area contributed by atoms with Gasteiger partial charge in [0.25, 0.3) is 5.56 Å². The minimum atomic E-state index is 0.0768. The lowest BCUT2D eigenvalue weighted by Gasteiger charge is -2.27. The first-order valence-electron chi connectivity index (χ1n) is 8.74.